The van der Waals surface area contributed by atoms with Crippen molar-refractivity contribution >= 4 is 11.6 Å². The Morgan fingerprint density at radius 1 is 1.19 bits per heavy atom. The van der Waals surface area contributed by atoms with Crippen molar-refractivity contribution in [3.8, 4) is 0 Å². The van der Waals surface area contributed by atoms with Crippen molar-refractivity contribution < 1.29 is 4.39 Å². The van der Waals surface area contributed by atoms with E-state index in [1.54, 1.807) is 12.1 Å². The van der Waals surface area contributed by atoms with Gasteiger partial charge in [-0.15, -0.1) is 11.6 Å². The molecule has 16 heavy (non-hydrogen) atoms. The lowest BCUT2D eigenvalue weighted by atomic mass is 9.72. The highest BCUT2D eigenvalue weighted by Gasteiger charge is 2.31. The molecule has 0 unspecified atom stereocenters. The predicted molar refractivity (Wildman–Crippen MR) is 66.3 cm³/mol. The first kappa shape index (κ1) is 11.9. The van der Waals surface area contributed by atoms with Crippen molar-refractivity contribution in [1.29, 1.82) is 0 Å². The Morgan fingerprint density at radius 2 is 1.94 bits per heavy atom. The lowest BCUT2D eigenvalue weighted by Gasteiger charge is -2.35. The molecule has 0 N–H and O–H groups in total. The van der Waals surface area contributed by atoms with E-state index in [0.29, 0.717) is 5.88 Å². The maximum Gasteiger partial charge on any atom is 0.123 e. The van der Waals surface area contributed by atoms with Crippen LogP contribution in [0.2, 0.25) is 0 Å². The molecule has 1 aromatic carbocycles. The Kier molecular flexibility index (Phi) is 3.86. The molecule has 1 fully saturated rings. The molecule has 0 saturated heterocycles. The van der Waals surface area contributed by atoms with E-state index in [9.17, 15) is 4.39 Å². The van der Waals surface area contributed by atoms with Gasteiger partial charge in [-0.05, 0) is 42.4 Å². The van der Waals surface area contributed by atoms with E-state index >= 15 is 0 Å². The van der Waals surface area contributed by atoms with Crippen LogP contribution in [0.1, 0.15) is 37.7 Å². The third-order valence-electron chi connectivity index (χ3n) is 3.67. The van der Waals surface area contributed by atoms with Gasteiger partial charge in [0.15, 0.2) is 0 Å². The van der Waals surface area contributed by atoms with Crippen molar-refractivity contribution in [2.45, 2.75) is 38.5 Å². The first-order chi connectivity index (χ1) is 7.74. The standard InChI is InChI=1S/C14H18ClF/c15-11-14(7-2-1-3-8-14)10-12-5-4-6-13(16)9-12/h4-6,9H,1-3,7-8,10-11H2. The molecule has 1 aliphatic carbocycles. The monoisotopic (exact) mass is 240 g/mol. The summed E-state index contributed by atoms with van der Waals surface area (Å²) in [7, 11) is 0. The lowest BCUT2D eigenvalue weighted by molar-refractivity contribution is 0.219. The highest BCUT2D eigenvalue weighted by Crippen LogP contribution is 2.40. The van der Waals surface area contributed by atoms with Crippen molar-refractivity contribution in [2.24, 2.45) is 5.41 Å². The molecule has 0 spiro atoms. The fourth-order valence-corrected chi connectivity index (χ4v) is 3.10. The molecule has 1 aliphatic rings. The zero-order chi connectivity index (χ0) is 11.4. The van der Waals surface area contributed by atoms with E-state index in [1.807, 2.05) is 6.07 Å². The van der Waals surface area contributed by atoms with Gasteiger partial charge >= 0.3 is 0 Å². The zero-order valence-electron chi connectivity index (χ0n) is 9.52. The molecule has 0 atom stereocenters. The Morgan fingerprint density at radius 3 is 2.56 bits per heavy atom. The van der Waals surface area contributed by atoms with Crippen LogP contribution in [0, 0.1) is 11.2 Å². The van der Waals surface area contributed by atoms with Crippen LogP contribution in [0.5, 0.6) is 0 Å². The summed E-state index contributed by atoms with van der Waals surface area (Å²) >= 11 is 6.13. The number of rotatable bonds is 3. The van der Waals surface area contributed by atoms with E-state index in [4.69, 9.17) is 11.6 Å². The average Bonchev–Trinajstić information content (AvgIpc) is 2.30. The summed E-state index contributed by atoms with van der Waals surface area (Å²) in [4.78, 5) is 0. The Bertz CT molecular complexity index is 342. The third-order valence-corrected chi connectivity index (χ3v) is 4.23. The molecular weight excluding hydrogens is 223 g/mol. The lowest BCUT2D eigenvalue weighted by Crippen LogP contribution is -2.28. The van der Waals surface area contributed by atoms with Gasteiger partial charge in [0.1, 0.15) is 5.82 Å². The maximum absolute atomic E-state index is 13.1. The molecule has 0 heterocycles. The maximum atomic E-state index is 13.1. The molecule has 0 radical (unpaired) electrons. The minimum absolute atomic E-state index is 0.141. The summed E-state index contributed by atoms with van der Waals surface area (Å²) in [6, 6.07) is 6.93. The van der Waals surface area contributed by atoms with Crippen LogP contribution in [0.3, 0.4) is 0 Å². The third kappa shape index (κ3) is 2.76. The van der Waals surface area contributed by atoms with E-state index in [2.05, 4.69) is 0 Å². The van der Waals surface area contributed by atoms with Gasteiger partial charge < -0.3 is 0 Å². The second-order valence-corrected chi connectivity index (χ2v) is 5.27. The van der Waals surface area contributed by atoms with Gasteiger partial charge in [-0.1, -0.05) is 31.4 Å². The zero-order valence-corrected chi connectivity index (χ0v) is 10.3. The normalized spacial score (nSPS) is 19.6. The molecule has 2 heteroatoms. The van der Waals surface area contributed by atoms with Crippen molar-refractivity contribution in [1.82, 2.24) is 0 Å². The number of benzene rings is 1. The summed E-state index contributed by atoms with van der Waals surface area (Å²) in [6.07, 6.45) is 7.15. The van der Waals surface area contributed by atoms with E-state index in [1.165, 1.54) is 38.2 Å². The number of halogens is 2. The predicted octanol–water partition coefficient (Wildman–Crippen LogP) is 4.56. The van der Waals surface area contributed by atoms with Gasteiger partial charge in [-0.2, -0.15) is 0 Å². The summed E-state index contributed by atoms with van der Waals surface area (Å²) in [5.41, 5.74) is 1.30. The van der Waals surface area contributed by atoms with Gasteiger partial charge in [-0.25, -0.2) is 4.39 Å². The molecule has 0 aliphatic heterocycles. The number of hydrogen-bond acceptors (Lipinski definition) is 0. The highest BCUT2D eigenvalue weighted by atomic mass is 35.5. The van der Waals surface area contributed by atoms with Crippen LogP contribution in [0.4, 0.5) is 4.39 Å². The average molecular weight is 241 g/mol. The number of hydrogen-bond donors (Lipinski definition) is 0. The second-order valence-electron chi connectivity index (χ2n) is 5.00. The van der Waals surface area contributed by atoms with Gasteiger partial charge in [0, 0.05) is 5.88 Å². The second kappa shape index (κ2) is 5.18. The van der Waals surface area contributed by atoms with E-state index in [-0.39, 0.29) is 11.2 Å². The van der Waals surface area contributed by atoms with Gasteiger partial charge in [0.2, 0.25) is 0 Å². The topological polar surface area (TPSA) is 0 Å². The number of alkyl halides is 1. The van der Waals surface area contributed by atoms with Gasteiger partial charge in [0.25, 0.3) is 0 Å². The smallest absolute Gasteiger partial charge is 0.123 e. The van der Waals surface area contributed by atoms with Crippen LogP contribution in [0.25, 0.3) is 0 Å². The van der Waals surface area contributed by atoms with E-state index < -0.39 is 0 Å². The van der Waals surface area contributed by atoms with E-state index in [0.717, 1.165) is 12.0 Å². The molecular formula is C14H18ClF. The fraction of sp³-hybridized carbons (Fsp3) is 0.571. The summed E-state index contributed by atoms with van der Waals surface area (Å²) in [5.74, 6) is 0.557. The van der Waals surface area contributed by atoms with Crippen LogP contribution in [-0.4, -0.2) is 5.88 Å². The molecule has 1 aromatic rings. The fourth-order valence-electron chi connectivity index (χ4n) is 2.74. The minimum Gasteiger partial charge on any atom is -0.207 e. The molecule has 1 saturated carbocycles. The van der Waals surface area contributed by atoms with Crippen LogP contribution < -0.4 is 0 Å². The summed E-state index contributed by atoms with van der Waals surface area (Å²) in [6.45, 7) is 0. The van der Waals surface area contributed by atoms with Crippen molar-refractivity contribution in [3.05, 3.63) is 35.6 Å². The van der Waals surface area contributed by atoms with Crippen molar-refractivity contribution in [2.75, 3.05) is 5.88 Å². The van der Waals surface area contributed by atoms with Gasteiger partial charge in [-0.3, -0.25) is 0 Å². The van der Waals surface area contributed by atoms with Crippen LogP contribution in [0.15, 0.2) is 24.3 Å². The SMILES string of the molecule is Fc1cccc(CC2(CCl)CCCCC2)c1. The Hall–Kier alpha value is -0.560. The van der Waals surface area contributed by atoms with Gasteiger partial charge in [0.05, 0.1) is 0 Å². The largest absolute Gasteiger partial charge is 0.207 e. The molecule has 88 valence electrons. The molecule has 0 bridgehead atoms. The van der Waals surface area contributed by atoms with Crippen LogP contribution >= 0.6 is 11.6 Å². The Labute approximate surface area is 102 Å². The molecule has 0 amide bonds. The summed E-state index contributed by atoms with van der Waals surface area (Å²) < 4.78 is 13.1. The first-order valence-corrected chi connectivity index (χ1v) is 6.58. The molecule has 0 nitrogen and oxygen atoms in total. The first-order valence-electron chi connectivity index (χ1n) is 6.05. The molecule has 0 aromatic heterocycles. The van der Waals surface area contributed by atoms with Crippen molar-refractivity contribution in [3.63, 3.8) is 0 Å². The Balaban J connectivity index is 2.11. The van der Waals surface area contributed by atoms with Crippen LogP contribution in [-0.2, 0) is 6.42 Å². The minimum atomic E-state index is -0.141. The molecule has 2 rings (SSSR count). The quantitative estimate of drug-likeness (QED) is 0.680. The summed E-state index contributed by atoms with van der Waals surface area (Å²) in [5, 5.41) is 0. The highest BCUT2D eigenvalue weighted by molar-refractivity contribution is 6.18.